The highest BCUT2D eigenvalue weighted by molar-refractivity contribution is 6.42. The number of hydrogen-bond acceptors (Lipinski definition) is 1. The van der Waals surface area contributed by atoms with Gasteiger partial charge in [0.25, 0.3) is 0 Å². The molecule has 0 radical (unpaired) electrons. The largest absolute Gasteiger partial charge is 0.299 e. The highest BCUT2D eigenvalue weighted by Crippen LogP contribution is 2.36. The van der Waals surface area contributed by atoms with E-state index in [9.17, 15) is 4.79 Å². The molecule has 0 fully saturated rings. The van der Waals surface area contributed by atoms with E-state index in [4.69, 9.17) is 46.4 Å². The zero-order chi connectivity index (χ0) is 14.7. The minimum Gasteiger partial charge on any atom is -0.299 e. The normalized spacial score (nSPS) is 11.0. The van der Waals surface area contributed by atoms with Gasteiger partial charge in [0.05, 0.1) is 10.0 Å². The quantitative estimate of drug-likeness (QED) is 0.479. The van der Waals surface area contributed by atoms with Gasteiger partial charge in [-0.15, -0.1) is 0 Å². The first kappa shape index (κ1) is 15.4. The molecular weight excluding hydrogens is 338 g/mol. The van der Waals surface area contributed by atoms with Crippen molar-refractivity contribution in [2.24, 2.45) is 0 Å². The molecule has 0 saturated heterocycles. The second kappa shape index (κ2) is 6.64. The van der Waals surface area contributed by atoms with Crippen molar-refractivity contribution >= 4 is 58.8 Å². The summed E-state index contributed by atoms with van der Waals surface area (Å²) in [4.78, 5) is 10.5. The third-order valence-corrected chi connectivity index (χ3v) is 3.94. The highest BCUT2D eigenvalue weighted by Gasteiger charge is 2.10. The van der Waals surface area contributed by atoms with Crippen LogP contribution in [0.1, 0.15) is 5.56 Å². The van der Waals surface area contributed by atoms with Crippen molar-refractivity contribution < 1.29 is 4.79 Å². The Labute approximate surface area is 136 Å². The van der Waals surface area contributed by atoms with Crippen LogP contribution >= 0.6 is 46.4 Å². The molecule has 0 aliphatic heterocycles. The average molecular weight is 346 g/mol. The van der Waals surface area contributed by atoms with Gasteiger partial charge in [-0.2, -0.15) is 0 Å². The first-order chi connectivity index (χ1) is 9.52. The lowest BCUT2D eigenvalue weighted by Crippen LogP contribution is -1.86. The van der Waals surface area contributed by atoms with Gasteiger partial charge in [-0.25, -0.2) is 0 Å². The number of allylic oxidation sites excluding steroid dienone is 1. The Kier molecular flexibility index (Phi) is 5.11. The highest BCUT2D eigenvalue weighted by atomic mass is 35.5. The Morgan fingerprint density at radius 1 is 0.850 bits per heavy atom. The molecule has 0 aromatic heterocycles. The van der Waals surface area contributed by atoms with E-state index in [0.29, 0.717) is 31.9 Å². The molecule has 0 amide bonds. The lowest BCUT2D eigenvalue weighted by molar-refractivity contribution is -0.104. The zero-order valence-electron chi connectivity index (χ0n) is 10.0. The first-order valence-corrected chi connectivity index (χ1v) is 7.10. The third kappa shape index (κ3) is 3.36. The molecule has 1 nitrogen and oxygen atoms in total. The SMILES string of the molecule is O=C/C=C/c1c(Cl)cc(Cl)cc1-c1ccc(Cl)c(Cl)c1. The predicted octanol–water partition coefficient (Wildman–Crippen LogP) is 6.18. The molecule has 0 spiro atoms. The van der Waals surface area contributed by atoms with Crippen LogP contribution in [0, 0.1) is 0 Å². The summed E-state index contributed by atoms with van der Waals surface area (Å²) in [6.45, 7) is 0. The number of rotatable bonds is 3. The third-order valence-electron chi connectivity index (χ3n) is 2.67. The van der Waals surface area contributed by atoms with Gasteiger partial charge in [-0.05, 0) is 47.5 Å². The molecule has 0 aliphatic carbocycles. The Bertz CT molecular complexity index is 693. The van der Waals surface area contributed by atoms with Crippen LogP contribution in [-0.2, 0) is 4.79 Å². The summed E-state index contributed by atoms with van der Waals surface area (Å²) < 4.78 is 0. The van der Waals surface area contributed by atoms with Gasteiger partial charge in [0.1, 0.15) is 6.29 Å². The minimum atomic E-state index is 0.436. The summed E-state index contributed by atoms with van der Waals surface area (Å²) in [6.07, 6.45) is 3.68. The van der Waals surface area contributed by atoms with E-state index in [1.165, 1.54) is 6.08 Å². The lowest BCUT2D eigenvalue weighted by Gasteiger charge is -2.10. The Morgan fingerprint density at radius 3 is 2.25 bits per heavy atom. The fourth-order valence-corrected chi connectivity index (χ4v) is 2.65. The standard InChI is InChI=1S/C15H8Cl4O/c16-10-7-12(9-3-4-13(17)15(19)6-9)11(2-1-5-20)14(18)8-10/h1-8H/b2-1+. The first-order valence-electron chi connectivity index (χ1n) is 5.59. The van der Waals surface area contributed by atoms with E-state index in [2.05, 4.69) is 0 Å². The van der Waals surface area contributed by atoms with Crippen LogP contribution in [0.2, 0.25) is 20.1 Å². The number of benzene rings is 2. The van der Waals surface area contributed by atoms with E-state index in [1.54, 1.807) is 30.3 Å². The van der Waals surface area contributed by atoms with Crippen LogP contribution in [0.4, 0.5) is 0 Å². The molecule has 2 rings (SSSR count). The summed E-state index contributed by atoms with van der Waals surface area (Å²) in [5.41, 5.74) is 2.29. The maximum atomic E-state index is 10.5. The van der Waals surface area contributed by atoms with Gasteiger partial charge in [0.2, 0.25) is 0 Å². The van der Waals surface area contributed by atoms with Crippen molar-refractivity contribution in [3.8, 4) is 11.1 Å². The summed E-state index contributed by atoms with van der Waals surface area (Å²) >= 11 is 24.2. The molecule has 0 bridgehead atoms. The number of hydrogen-bond donors (Lipinski definition) is 0. The summed E-state index contributed by atoms with van der Waals surface area (Å²) in [6, 6.07) is 8.62. The van der Waals surface area contributed by atoms with Crippen LogP contribution in [0.25, 0.3) is 17.2 Å². The zero-order valence-corrected chi connectivity index (χ0v) is 13.1. The van der Waals surface area contributed by atoms with E-state index >= 15 is 0 Å². The Morgan fingerprint density at radius 2 is 1.60 bits per heavy atom. The van der Waals surface area contributed by atoms with Gasteiger partial charge in [-0.1, -0.05) is 52.5 Å². The number of carbonyl (C=O) groups excluding carboxylic acids is 1. The molecule has 5 heteroatoms. The lowest BCUT2D eigenvalue weighted by atomic mass is 9.99. The molecule has 0 N–H and O–H groups in total. The van der Waals surface area contributed by atoms with Crippen molar-refractivity contribution in [2.45, 2.75) is 0 Å². The maximum Gasteiger partial charge on any atom is 0.142 e. The number of carbonyl (C=O) groups is 1. The van der Waals surface area contributed by atoms with E-state index in [0.717, 1.165) is 11.1 Å². The van der Waals surface area contributed by atoms with Crippen molar-refractivity contribution in [2.75, 3.05) is 0 Å². The van der Waals surface area contributed by atoms with Crippen molar-refractivity contribution in [1.82, 2.24) is 0 Å². The monoisotopic (exact) mass is 344 g/mol. The molecule has 0 atom stereocenters. The van der Waals surface area contributed by atoms with E-state index in [1.807, 2.05) is 6.07 Å². The van der Waals surface area contributed by atoms with Gasteiger partial charge < -0.3 is 0 Å². The smallest absolute Gasteiger partial charge is 0.142 e. The summed E-state index contributed by atoms with van der Waals surface area (Å²) in [5, 5.41) is 1.86. The molecule has 2 aromatic rings. The van der Waals surface area contributed by atoms with Crippen molar-refractivity contribution in [3.05, 3.63) is 62.1 Å². The molecule has 0 unspecified atom stereocenters. The second-order valence-corrected chi connectivity index (χ2v) is 5.63. The topological polar surface area (TPSA) is 17.1 Å². The van der Waals surface area contributed by atoms with Crippen LogP contribution < -0.4 is 0 Å². The fraction of sp³-hybridized carbons (Fsp3) is 0. The van der Waals surface area contributed by atoms with Crippen LogP contribution in [0.3, 0.4) is 0 Å². The van der Waals surface area contributed by atoms with Gasteiger partial charge in [0.15, 0.2) is 0 Å². The second-order valence-electron chi connectivity index (χ2n) is 3.97. The molecule has 0 saturated carbocycles. The molecule has 0 heterocycles. The molecule has 2 aromatic carbocycles. The van der Waals surface area contributed by atoms with E-state index in [-0.39, 0.29) is 0 Å². The van der Waals surface area contributed by atoms with Gasteiger partial charge in [-0.3, -0.25) is 4.79 Å². The number of aldehydes is 1. The molecule has 102 valence electrons. The van der Waals surface area contributed by atoms with Gasteiger partial charge >= 0.3 is 0 Å². The number of halogens is 4. The predicted molar refractivity (Wildman–Crippen MR) is 87.0 cm³/mol. The summed E-state index contributed by atoms with van der Waals surface area (Å²) in [5.74, 6) is 0. The Balaban J connectivity index is 2.67. The minimum absolute atomic E-state index is 0.436. The molecular formula is C15H8Cl4O. The fourth-order valence-electron chi connectivity index (χ4n) is 1.79. The van der Waals surface area contributed by atoms with E-state index < -0.39 is 0 Å². The molecule has 20 heavy (non-hydrogen) atoms. The Hall–Kier alpha value is -0.990. The molecule has 0 aliphatic rings. The van der Waals surface area contributed by atoms with Crippen LogP contribution in [0.15, 0.2) is 36.4 Å². The maximum absolute atomic E-state index is 10.5. The van der Waals surface area contributed by atoms with Crippen molar-refractivity contribution in [1.29, 1.82) is 0 Å². The van der Waals surface area contributed by atoms with Gasteiger partial charge in [0, 0.05) is 15.6 Å². The van der Waals surface area contributed by atoms with Crippen LogP contribution in [0.5, 0.6) is 0 Å². The summed E-state index contributed by atoms with van der Waals surface area (Å²) in [7, 11) is 0. The average Bonchev–Trinajstić information content (AvgIpc) is 2.40. The van der Waals surface area contributed by atoms with Crippen molar-refractivity contribution in [3.63, 3.8) is 0 Å². The van der Waals surface area contributed by atoms with Crippen LogP contribution in [-0.4, -0.2) is 6.29 Å².